The molecule has 2 nitrogen and oxygen atoms in total. The summed E-state index contributed by atoms with van der Waals surface area (Å²) in [5.41, 5.74) is 0. The summed E-state index contributed by atoms with van der Waals surface area (Å²) in [5.74, 6) is -1.04. The molecule has 1 saturated carbocycles. The van der Waals surface area contributed by atoms with Gasteiger partial charge in [-0.2, -0.15) is 0 Å². The molecule has 1 aliphatic rings. The molecule has 0 saturated heterocycles. The minimum absolute atomic E-state index is 0.0167. The summed E-state index contributed by atoms with van der Waals surface area (Å²) in [6.07, 6.45) is 5.16. The van der Waals surface area contributed by atoms with E-state index in [9.17, 15) is 8.78 Å². The third-order valence-corrected chi connectivity index (χ3v) is 3.50. The minimum atomic E-state index is -0.622. The first-order chi connectivity index (χ1) is 9.19. The van der Waals surface area contributed by atoms with Crippen LogP contribution < -0.4 is 10.1 Å². The number of nitrogens with one attached hydrogen (secondary N) is 1. The molecule has 0 spiro atoms. The minimum Gasteiger partial charge on any atom is -0.487 e. The highest BCUT2D eigenvalue weighted by Gasteiger charge is 2.23. The monoisotopic (exact) mass is 269 g/mol. The highest BCUT2D eigenvalue weighted by atomic mass is 19.1. The van der Waals surface area contributed by atoms with E-state index in [0.717, 1.165) is 44.7 Å². The number of hydrogen-bond acceptors (Lipinski definition) is 2. The zero-order valence-corrected chi connectivity index (χ0v) is 11.3. The lowest BCUT2D eigenvalue weighted by atomic mass is 9.92. The van der Waals surface area contributed by atoms with Gasteiger partial charge in [0.25, 0.3) is 0 Å². The third kappa shape index (κ3) is 4.16. The van der Waals surface area contributed by atoms with Crippen molar-refractivity contribution >= 4 is 0 Å². The van der Waals surface area contributed by atoms with E-state index in [2.05, 4.69) is 12.2 Å². The van der Waals surface area contributed by atoms with Crippen LogP contribution in [0.5, 0.6) is 5.75 Å². The van der Waals surface area contributed by atoms with Crippen LogP contribution in [0.3, 0.4) is 0 Å². The Hall–Kier alpha value is -1.16. The molecule has 0 aliphatic heterocycles. The predicted octanol–water partition coefficient (Wildman–Crippen LogP) is 3.65. The molecule has 0 aromatic heterocycles. The lowest BCUT2D eigenvalue weighted by molar-refractivity contribution is 0.129. The van der Waals surface area contributed by atoms with Crippen molar-refractivity contribution in [2.24, 2.45) is 0 Å². The lowest BCUT2D eigenvalue weighted by Gasteiger charge is -2.30. The van der Waals surface area contributed by atoms with Gasteiger partial charge < -0.3 is 10.1 Å². The molecule has 0 heterocycles. The Morgan fingerprint density at radius 1 is 1.32 bits per heavy atom. The first-order valence-corrected chi connectivity index (χ1v) is 7.04. The van der Waals surface area contributed by atoms with E-state index in [0.29, 0.717) is 6.04 Å². The third-order valence-electron chi connectivity index (χ3n) is 3.50. The molecule has 1 N–H and O–H groups in total. The zero-order chi connectivity index (χ0) is 13.7. The van der Waals surface area contributed by atoms with E-state index in [1.165, 1.54) is 12.1 Å². The lowest BCUT2D eigenvalue weighted by Crippen LogP contribution is -2.38. The normalized spacial score (nSPS) is 23.3. The van der Waals surface area contributed by atoms with E-state index < -0.39 is 11.6 Å². The van der Waals surface area contributed by atoms with E-state index in [4.69, 9.17) is 4.74 Å². The van der Waals surface area contributed by atoms with Gasteiger partial charge in [-0.3, -0.25) is 0 Å². The topological polar surface area (TPSA) is 21.3 Å². The highest BCUT2D eigenvalue weighted by Crippen LogP contribution is 2.26. The number of ether oxygens (including phenoxy) is 1. The van der Waals surface area contributed by atoms with Crippen LogP contribution in [0.4, 0.5) is 8.78 Å². The first-order valence-electron chi connectivity index (χ1n) is 7.04. The molecule has 106 valence electrons. The second-order valence-electron chi connectivity index (χ2n) is 5.13. The van der Waals surface area contributed by atoms with Gasteiger partial charge in [0.1, 0.15) is 11.9 Å². The number of rotatable bonds is 5. The molecule has 1 aliphatic carbocycles. The van der Waals surface area contributed by atoms with Crippen LogP contribution in [0, 0.1) is 11.6 Å². The molecular formula is C15H21F2NO. The van der Waals surface area contributed by atoms with Gasteiger partial charge in [-0.25, -0.2) is 8.78 Å². The fourth-order valence-corrected chi connectivity index (χ4v) is 2.54. The van der Waals surface area contributed by atoms with Crippen LogP contribution in [0.2, 0.25) is 0 Å². The Morgan fingerprint density at radius 3 is 2.89 bits per heavy atom. The van der Waals surface area contributed by atoms with Gasteiger partial charge in [0.2, 0.25) is 0 Å². The van der Waals surface area contributed by atoms with Gasteiger partial charge in [0.15, 0.2) is 11.6 Å². The average molecular weight is 269 g/mol. The molecule has 4 heteroatoms. The fraction of sp³-hybridized carbons (Fsp3) is 0.600. The van der Waals surface area contributed by atoms with Crippen molar-refractivity contribution in [2.45, 2.75) is 51.2 Å². The van der Waals surface area contributed by atoms with Crippen molar-refractivity contribution in [3.05, 3.63) is 29.8 Å². The molecule has 0 amide bonds. The van der Waals surface area contributed by atoms with Gasteiger partial charge in [0, 0.05) is 12.1 Å². The molecule has 1 aromatic carbocycles. The van der Waals surface area contributed by atoms with Crippen LogP contribution in [-0.4, -0.2) is 18.7 Å². The molecule has 1 aromatic rings. The SMILES string of the molecule is CCCNC1CCCC(Oc2ccc(F)cc2F)C1. The molecule has 0 radical (unpaired) electrons. The summed E-state index contributed by atoms with van der Waals surface area (Å²) < 4.78 is 32.0. The van der Waals surface area contributed by atoms with Crippen LogP contribution in [-0.2, 0) is 0 Å². The Bertz CT molecular complexity index is 411. The van der Waals surface area contributed by atoms with Gasteiger partial charge in [-0.1, -0.05) is 6.92 Å². The molecule has 1 fully saturated rings. The van der Waals surface area contributed by atoms with Gasteiger partial charge in [-0.05, 0) is 50.8 Å². The quantitative estimate of drug-likeness (QED) is 0.881. The van der Waals surface area contributed by atoms with Crippen molar-refractivity contribution in [1.29, 1.82) is 0 Å². The summed E-state index contributed by atoms with van der Waals surface area (Å²) in [7, 11) is 0. The summed E-state index contributed by atoms with van der Waals surface area (Å²) in [6.45, 7) is 3.14. The maximum absolute atomic E-state index is 13.5. The van der Waals surface area contributed by atoms with Gasteiger partial charge >= 0.3 is 0 Å². The van der Waals surface area contributed by atoms with E-state index >= 15 is 0 Å². The van der Waals surface area contributed by atoms with Crippen LogP contribution in [0.25, 0.3) is 0 Å². The van der Waals surface area contributed by atoms with E-state index in [1.54, 1.807) is 0 Å². The van der Waals surface area contributed by atoms with E-state index in [-0.39, 0.29) is 11.9 Å². The summed E-state index contributed by atoms with van der Waals surface area (Å²) in [4.78, 5) is 0. The smallest absolute Gasteiger partial charge is 0.167 e. The van der Waals surface area contributed by atoms with Gasteiger partial charge in [-0.15, -0.1) is 0 Å². The number of halogens is 2. The van der Waals surface area contributed by atoms with Crippen LogP contribution >= 0.6 is 0 Å². The molecule has 0 bridgehead atoms. The fourth-order valence-electron chi connectivity index (χ4n) is 2.54. The maximum Gasteiger partial charge on any atom is 0.167 e. The van der Waals surface area contributed by atoms with Crippen molar-refractivity contribution in [2.75, 3.05) is 6.54 Å². The van der Waals surface area contributed by atoms with Crippen molar-refractivity contribution in [3.63, 3.8) is 0 Å². The standard InChI is InChI=1S/C15H21F2NO/c1-2-8-18-12-4-3-5-13(10-12)19-15-7-6-11(16)9-14(15)17/h6-7,9,12-13,18H,2-5,8,10H2,1H3. The highest BCUT2D eigenvalue weighted by molar-refractivity contribution is 5.25. The Kier molecular flexibility index (Phi) is 5.14. The summed E-state index contributed by atoms with van der Waals surface area (Å²) >= 11 is 0. The van der Waals surface area contributed by atoms with Crippen LogP contribution in [0.1, 0.15) is 39.0 Å². The Labute approximate surface area is 113 Å². The number of hydrogen-bond donors (Lipinski definition) is 1. The zero-order valence-electron chi connectivity index (χ0n) is 11.3. The molecule has 2 unspecified atom stereocenters. The van der Waals surface area contributed by atoms with E-state index in [1.807, 2.05) is 0 Å². The van der Waals surface area contributed by atoms with Crippen molar-refractivity contribution in [3.8, 4) is 5.75 Å². The Morgan fingerprint density at radius 2 is 2.16 bits per heavy atom. The molecule has 19 heavy (non-hydrogen) atoms. The second kappa shape index (κ2) is 6.85. The Balaban J connectivity index is 1.91. The molecular weight excluding hydrogens is 248 g/mol. The van der Waals surface area contributed by atoms with Crippen molar-refractivity contribution < 1.29 is 13.5 Å². The second-order valence-corrected chi connectivity index (χ2v) is 5.13. The van der Waals surface area contributed by atoms with Gasteiger partial charge in [0.05, 0.1) is 0 Å². The molecule has 2 atom stereocenters. The first kappa shape index (κ1) is 14.3. The van der Waals surface area contributed by atoms with Crippen LogP contribution in [0.15, 0.2) is 18.2 Å². The number of benzene rings is 1. The van der Waals surface area contributed by atoms with Crippen molar-refractivity contribution in [1.82, 2.24) is 5.32 Å². The molecule has 2 rings (SSSR count). The largest absolute Gasteiger partial charge is 0.487 e. The summed E-state index contributed by atoms with van der Waals surface area (Å²) in [5, 5.41) is 3.48. The predicted molar refractivity (Wildman–Crippen MR) is 71.3 cm³/mol. The summed E-state index contributed by atoms with van der Waals surface area (Å²) in [6, 6.07) is 3.91. The average Bonchev–Trinajstić information content (AvgIpc) is 2.40. The maximum atomic E-state index is 13.5.